The third-order valence-electron chi connectivity index (χ3n) is 10.1. The summed E-state index contributed by atoms with van der Waals surface area (Å²) in [7, 11) is 0. The van der Waals surface area contributed by atoms with E-state index in [1.807, 2.05) is 18.2 Å². The molecule has 236 valence electrons. The van der Waals surface area contributed by atoms with Crippen molar-refractivity contribution in [3.05, 3.63) is 181 Å². The summed E-state index contributed by atoms with van der Waals surface area (Å²) in [4.78, 5) is 14.1. The zero-order valence-corrected chi connectivity index (χ0v) is 27.3. The van der Waals surface area contributed by atoms with E-state index in [1.165, 1.54) is 43.7 Å². The number of nitrogens with zero attached hydrogens (tertiary/aromatic N) is 3. The van der Waals surface area contributed by atoms with Gasteiger partial charge in [0.15, 0.2) is 5.82 Å². The molecule has 4 nitrogen and oxygen atoms in total. The predicted molar refractivity (Wildman–Crippen MR) is 208 cm³/mol. The Bertz CT molecular complexity index is 2770. The van der Waals surface area contributed by atoms with Crippen LogP contribution in [0.15, 0.2) is 170 Å². The van der Waals surface area contributed by atoms with Crippen molar-refractivity contribution in [1.29, 1.82) is 0 Å². The summed E-state index contributed by atoms with van der Waals surface area (Å²) in [6, 6.07) is 53.8. The maximum absolute atomic E-state index is 5.21. The first-order valence-electron chi connectivity index (χ1n) is 17.2. The summed E-state index contributed by atoms with van der Waals surface area (Å²) in [6.07, 6.45) is 7.53. The van der Waals surface area contributed by atoms with Gasteiger partial charge in [-0.3, -0.25) is 0 Å². The topological polar surface area (TPSA) is 46.5 Å². The molecule has 0 amide bonds. The van der Waals surface area contributed by atoms with Crippen LogP contribution in [0, 0.1) is 0 Å². The Labute approximate surface area is 289 Å². The van der Waals surface area contributed by atoms with E-state index in [-0.39, 0.29) is 5.92 Å². The van der Waals surface area contributed by atoms with E-state index >= 15 is 0 Å². The van der Waals surface area contributed by atoms with Crippen LogP contribution in [0.5, 0.6) is 0 Å². The molecule has 0 bridgehead atoms. The van der Waals surface area contributed by atoms with Gasteiger partial charge in [0, 0.05) is 49.8 Å². The van der Waals surface area contributed by atoms with Crippen LogP contribution in [-0.4, -0.2) is 19.5 Å². The highest BCUT2D eigenvalue weighted by Gasteiger charge is 2.23. The van der Waals surface area contributed by atoms with Crippen molar-refractivity contribution in [3.63, 3.8) is 0 Å². The van der Waals surface area contributed by atoms with Gasteiger partial charge in [-0.1, -0.05) is 140 Å². The molecule has 3 heterocycles. The van der Waals surface area contributed by atoms with Crippen molar-refractivity contribution < 1.29 is 0 Å². The normalized spacial score (nSPS) is 14.6. The lowest BCUT2D eigenvalue weighted by Gasteiger charge is -2.23. The Balaban J connectivity index is 1.13. The highest BCUT2D eigenvalue weighted by atomic mass is 15.0. The largest absolute Gasteiger partial charge is 0.353 e. The number of rotatable bonds is 5. The molecule has 1 N–H and O–H groups in total. The average Bonchev–Trinajstić information content (AvgIpc) is 3.75. The number of fused-ring (bicyclic) bond motifs is 7. The molecule has 50 heavy (non-hydrogen) atoms. The maximum Gasteiger partial charge on any atom is 0.160 e. The first-order chi connectivity index (χ1) is 24.8. The summed E-state index contributed by atoms with van der Waals surface area (Å²) in [6.45, 7) is 0. The molecule has 0 saturated heterocycles. The van der Waals surface area contributed by atoms with Gasteiger partial charge in [-0.05, 0) is 47.9 Å². The minimum atomic E-state index is 0.127. The number of allylic oxidation sites excluding steroid dienone is 4. The Kier molecular flexibility index (Phi) is 6.59. The van der Waals surface area contributed by atoms with Gasteiger partial charge >= 0.3 is 0 Å². The molecule has 1 aliphatic carbocycles. The van der Waals surface area contributed by atoms with Crippen molar-refractivity contribution in [2.45, 2.75) is 12.3 Å². The number of hydrogen-bond acceptors (Lipinski definition) is 2. The monoisotopic (exact) mass is 640 g/mol. The van der Waals surface area contributed by atoms with Crippen LogP contribution >= 0.6 is 0 Å². The van der Waals surface area contributed by atoms with Gasteiger partial charge in [-0.2, -0.15) is 0 Å². The van der Waals surface area contributed by atoms with Gasteiger partial charge < -0.3 is 9.55 Å². The average molecular weight is 641 g/mol. The first kappa shape index (κ1) is 28.5. The SMILES string of the molecule is C1=CCC(c2cc(-c3ccc(-n4c5ccccc5c5ccc6c7ccccc7[nH]c6c54)cc3)nc(-c3ccccc3)n2)C(c2ccccc2)=C1. The van der Waals surface area contributed by atoms with E-state index in [2.05, 4.69) is 161 Å². The lowest BCUT2D eigenvalue weighted by molar-refractivity contribution is 0.829. The summed E-state index contributed by atoms with van der Waals surface area (Å²) in [5.41, 5.74) is 12.3. The number of aromatic nitrogens is 4. The third-order valence-corrected chi connectivity index (χ3v) is 10.1. The second-order valence-electron chi connectivity index (χ2n) is 13.0. The molecule has 0 spiro atoms. The van der Waals surface area contributed by atoms with Crippen molar-refractivity contribution in [2.24, 2.45) is 0 Å². The van der Waals surface area contributed by atoms with E-state index in [9.17, 15) is 0 Å². The summed E-state index contributed by atoms with van der Waals surface area (Å²) < 4.78 is 2.40. The number of aromatic amines is 1. The van der Waals surface area contributed by atoms with Gasteiger partial charge in [0.05, 0.1) is 27.9 Å². The Morgan fingerprint density at radius 1 is 0.580 bits per heavy atom. The Morgan fingerprint density at radius 3 is 2.10 bits per heavy atom. The maximum atomic E-state index is 5.21. The lowest BCUT2D eigenvalue weighted by Crippen LogP contribution is -2.08. The second-order valence-corrected chi connectivity index (χ2v) is 13.0. The Hall–Kier alpha value is -6.52. The van der Waals surface area contributed by atoms with Crippen LogP contribution in [0.1, 0.15) is 23.6 Å². The van der Waals surface area contributed by atoms with Gasteiger partial charge in [0.2, 0.25) is 0 Å². The molecular formula is C46H32N4. The van der Waals surface area contributed by atoms with E-state index in [4.69, 9.17) is 9.97 Å². The molecule has 6 aromatic carbocycles. The highest BCUT2D eigenvalue weighted by molar-refractivity contribution is 6.22. The Morgan fingerprint density at radius 2 is 1.28 bits per heavy atom. The fraction of sp³-hybridized carbons (Fsp3) is 0.0435. The molecule has 0 aliphatic heterocycles. The first-order valence-corrected chi connectivity index (χ1v) is 17.2. The number of H-pyrrole nitrogens is 1. The van der Waals surface area contributed by atoms with Crippen LogP contribution < -0.4 is 0 Å². The molecular weight excluding hydrogens is 609 g/mol. The summed E-state index contributed by atoms with van der Waals surface area (Å²) in [5.74, 6) is 0.870. The summed E-state index contributed by atoms with van der Waals surface area (Å²) in [5, 5.41) is 4.95. The lowest BCUT2D eigenvalue weighted by atomic mass is 9.84. The molecule has 1 unspecified atom stereocenters. The summed E-state index contributed by atoms with van der Waals surface area (Å²) >= 11 is 0. The van der Waals surface area contributed by atoms with E-state index in [0.717, 1.165) is 51.5 Å². The minimum Gasteiger partial charge on any atom is -0.353 e. The number of hydrogen-bond donors (Lipinski definition) is 1. The molecule has 9 aromatic rings. The fourth-order valence-electron chi connectivity index (χ4n) is 7.77. The zero-order valence-electron chi connectivity index (χ0n) is 27.3. The van der Waals surface area contributed by atoms with Crippen molar-refractivity contribution in [1.82, 2.24) is 19.5 Å². The van der Waals surface area contributed by atoms with Crippen molar-refractivity contribution >= 4 is 49.2 Å². The van der Waals surface area contributed by atoms with Crippen molar-refractivity contribution in [2.75, 3.05) is 0 Å². The molecule has 3 aromatic heterocycles. The highest BCUT2D eigenvalue weighted by Crippen LogP contribution is 2.41. The van der Waals surface area contributed by atoms with Crippen LogP contribution in [0.2, 0.25) is 0 Å². The van der Waals surface area contributed by atoms with E-state index < -0.39 is 0 Å². The minimum absolute atomic E-state index is 0.127. The molecule has 4 heteroatoms. The standard InChI is InChI=1S/C46H32N4/c1-3-13-30(14-4-1)34-17-7-8-18-35(34)42-29-41(48-46(49-42)32-15-5-2-6-16-32)31-23-25-33(26-24-31)50-43-22-12-10-20-37(43)39-28-27-38-36-19-9-11-21-40(36)47-44(38)45(39)50/h1-17,19-29,35,47H,18H2. The molecule has 10 rings (SSSR count). The smallest absolute Gasteiger partial charge is 0.160 e. The number of para-hydroxylation sites is 2. The fourth-order valence-corrected chi connectivity index (χ4v) is 7.77. The van der Waals surface area contributed by atoms with Crippen LogP contribution in [0.3, 0.4) is 0 Å². The van der Waals surface area contributed by atoms with Crippen LogP contribution in [0.4, 0.5) is 0 Å². The van der Waals surface area contributed by atoms with Crippen LogP contribution in [-0.2, 0) is 0 Å². The van der Waals surface area contributed by atoms with E-state index in [0.29, 0.717) is 0 Å². The molecule has 0 radical (unpaired) electrons. The molecule has 1 atom stereocenters. The number of benzene rings is 6. The van der Waals surface area contributed by atoms with E-state index in [1.54, 1.807) is 0 Å². The quantitative estimate of drug-likeness (QED) is 0.203. The zero-order chi connectivity index (χ0) is 33.0. The van der Waals surface area contributed by atoms with Gasteiger partial charge in [0.1, 0.15) is 0 Å². The third kappa shape index (κ3) is 4.61. The molecule has 1 aliphatic rings. The van der Waals surface area contributed by atoms with Gasteiger partial charge in [-0.25, -0.2) is 9.97 Å². The molecule has 0 saturated carbocycles. The van der Waals surface area contributed by atoms with Crippen molar-refractivity contribution in [3.8, 4) is 28.3 Å². The van der Waals surface area contributed by atoms with Gasteiger partial charge in [-0.15, -0.1) is 0 Å². The van der Waals surface area contributed by atoms with Gasteiger partial charge in [0.25, 0.3) is 0 Å². The number of nitrogens with one attached hydrogen (secondary N) is 1. The molecule has 0 fully saturated rings. The predicted octanol–water partition coefficient (Wildman–Crippen LogP) is 11.7. The second kappa shape index (κ2) is 11.6. The van der Waals surface area contributed by atoms with Crippen LogP contribution in [0.25, 0.3) is 77.5 Å².